The van der Waals surface area contributed by atoms with Crippen molar-refractivity contribution in [2.24, 2.45) is 0 Å². The Morgan fingerprint density at radius 2 is 2.38 bits per heavy atom. The largest absolute Gasteiger partial charge is 0.506 e. The molecular formula is C11H12FNO3. The van der Waals surface area contributed by atoms with Gasteiger partial charge >= 0.3 is 5.97 Å². The first-order valence-corrected chi connectivity index (χ1v) is 4.60. The molecule has 0 radical (unpaired) electrons. The fourth-order valence-corrected chi connectivity index (χ4v) is 1.04. The van der Waals surface area contributed by atoms with Crippen molar-refractivity contribution in [1.29, 1.82) is 0 Å². The number of carbonyl (C=O) groups is 1. The lowest BCUT2D eigenvalue weighted by Gasteiger charge is -2.05. The molecule has 0 amide bonds. The number of halogens is 1. The average molecular weight is 225 g/mol. The molecule has 16 heavy (non-hydrogen) atoms. The molecule has 2 N–H and O–H groups in total. The molecule has 0 heterocycles. The highest BCUT2D eigenvalue weighted by atomic mass is 19.1. The number of phenolic OH excluding ortho intramolecular Hbond substituents is 1. The number of methoxy groups -OCH3 is 1. The molecule has 86 valence electrons. The third-order valence-corrected chi connectivity index (χ3v) is 1.82. The lowest BCUT2D eigenvalue weighted by atomic mass is 10.3. The third-order valence-electron chi connectivity index (χ3n) is 1.82. The summed E-state index contributed by atoms with van der Waals surface area (Å²) in [7, 11) is 1.28. The number of phenols is 1. The quantitative estimate of drug-likeness (QED) is 0.465. The highest BCUT2D eigenvalue weighted by molar-refractivity contribution is 5.81. The Kier molecular flexibility index (Phi) is 4.32. The van der Waals surface area contributed by atoms with Crippen LogP contribution in [0.5, 0.6) is 5.75 Å². The molecule has 0 aliphatic carbocycles. The van der Waals surface area contributed by atoms with Crippen LogP contribution in [0.4, 0.5) is 10.1 Å². The van der Waals surface area contributed by atoms with Gasteiger partial charge in [0.1, 0.15) is 11.6 Å². The van der Waals surface area contributed by atoms with Gasteiger partial charge < -0.3 is 15.2 Å². The number of aromatic hydroxyl groups is 1. The van der Waals surface area contributed by atoms with E-state index < -0.39 is 11.8 Å². The van der Waals surface area contributed by atoms with Crippen LogP contribution in [0.2, 0.25) is 0 Å². The van der Waals surface area contributed by atoms with E-state index in [1.54, 1.807) is 0 Å². The van der Waals surface area contributed by atoms with E-state index in [1.807, 2.05) is 0 Å². The number of nitrogens with one attached hydrogen (secondary N) is 1. The highest BCUT2D eigenvalue weighted by Gasteiger charge is 2.00. The summed E-state index contributed by atoms with van der Waals surface area (Å²) in [6.45, 7) is 0.284. The Hall–Kier alpha value is -2.04. The number of rotatable bonds is 4. The number of anilines is 1. The maximum atomic E-state index is 12.8. The zero-order valence-electron chi connectivity index (χ0n) is 8.74. The fraction of sp³-hybridized carbons (Fsp3) is 0.182. The van der Waals surface area contributed by atoms with E-state index in [2.05, 4.69) is 10.1 Å². The summed E-state index contributed by atoms with van der Waals surface area (Å²) in [5, 5.41) is 12.1. The summed E-state index contributed by atoms with van der Waals surface area (Å²) >= 11 is 0. The van der Waals surface area contributed by atoms with Crippen molar-refractivity contribution in [3.05, 3.63) is 36.2 Å². The molecule has 1 aromatic rings. The zero-order valence-corrected chi connectivity index (χ0v) is 8.74. The molecule has 0 fully saturated rings. The average Bonchev–Trinajstić information content (AvgIpc) is 2.28. The van der Waals surface area contributed by atoms with Crippen LogP contribution in [-0.2, 0) is 9.53 Å². The molecule has 4 nitrogen and oxygen atoms in total. The fourth-order valence-electron chi connectivity index (χ4n) is 1.04. The minimum Gasteiger partial charge on any atom is -0.506 e. The first-order valence-electron chi connectivity index (χ1n) is 4.60. The lowest BCUT2D eigenvalue weighted by Crippen LogP contribution is -2.01. The van der Waals surface area contributed by atoms with E-state index in [4.69, 9.17) is 0 Å². The Morgan fingerprint density at radius 1 is 1.62 bits per heavy atom. The van der Waals surface area contributed by atoms with Gasteiger partial charge in [-0.3, -0.25) is 0 Å². The van der Waals surface area contributed by atoms with Crippen LogP contribution in [-0.4, -0.2) is 24.7 Å². The smallest absolute Gasteiger partial charge is 0.330 e. The molecule has 1 rings (SSSR count). The Balaban J connectivity index is 2.51. The van der Waals surface area contributed by atoms with Gasteiger partial charge in [0.05, 0.1) is 12.8 Å². The molecule has 0 saturated carbocycles. The Labute approximate surface area is 92.4 Å². The van der Waals surface area contributed by atoms with E-state index in [1.165, 1.54) is 31.4 Å². The van der Waals surface area contributed by atoms with Gasteiger partial charge in [0.25, 0.3) is 0 Å². The van der Waals surface area contributed by atoms with Gasteiger partial charge in [0.15, 0.2) is 0 Å². The molecule has 0 saturated heterocycles. The van der Waals surface area contributed by atoms with Crippen LogP contribution in [0.15, 0.2) is 30.4 Å². The van der Waals surface area contributed by atoms with Gasteiger partial charge in [-0.05, 0) is 12.1 Å². The molecule has 0 atom stereocenters. The molecule has 5 heteroatoms. The number of ether oxygens (including phenoxy) is 1. The van der Waals surface area contributed by atoms with Crippen LogP contribution >= 0.6 is 0 Å². The molecule has 0 aliphatic heterocycles. The first kappa shape index (κ1) is 12.0. The normalized spacial score (nSPS) is 10.4. The van der Waals surface area contributed by atoms with Gasteiger partial charge in [-0.1, -0.05) is 6.08 Å². The summed E-state index contributed by atoms with van der Waals surface area (Å²) in [5.74, 6) is -0.963. The van der Waals surface area contributed by atoms with Crippen molar-refractivity contribution in [1.82, 2.24) is 0 Å². The predicted molar refractivity (Wildman–Crippen MR) is 57.7 cm³/mol. The molecular weight excluding hydrogens is 213 g/mol. The summed E-state index contributed by atoms with van der Waals surface area (Å²) in [6, 6.07) is 3.58. The lowest BCUT2D eigenvalue weighted by molar-refractivity contribution is -0.134. The van der Waals surface area contributed by atoms with E-state index in [0.29, 0.717) is 0 Å². The molecule has 0 spiro atoms. The maximum Gasteiger partial charge on any atom is 0.330 e. The van der Waals surface area contributed by atoms with E-state index in [9.17, 15) is 14.3 Å². The van der Waals surface area contributed by atoms with Crippen LogP contribution in [0.3, 0.4) is 0 Å². The summed E-state index contributed by atoms with van der Waals surface area (Å²) < 4.78 is 17.2. The van der Waals surface area contributed by atoms with Crippen molar-refractivity contribution in [3.8, 4) is 5.75 Å². The Morgan fingerprint density at radius 3 is 3.06 bits per heavy atom. The zero-order chi connectivity index (χ0) is 12.0. The Bertz CT molecular complexity index is 404. The van der Waals surface area contributed by atoms with Crippen LogP contribution in [0.25, 0.3) is 0 Å². The molecule has 0 bridgehead atoms. The van der Waals surface area contributed by atoms with Crippen molar-refractivity contribution in [2.45, 2.75) is 0 Å². The second-order valence-electron chi connectivity index (χ2n) is 2.97. The van der Waals surface area contributed by atoms with Gasteiger partial charge in [-0.2, -0.15) is 0 Å². The molecule has 0 unspecified atom stereocenters. The minimum atomic E-state index is -0.467. The number of hydrogen-bond donors (Lipinski definition) is 2. The molecule has 0 aromatic heterocycles. The topological polar surface area (TPSA) is 58.6 Å². The number of hydrogen-bond acceptors (Lipinski definition) is 4. The van der Waals surface area contributed by atoms with E-state index in [-0.39, 0.29) is 18.0 Å². The number of carbonyl (C=O) groups excluding carboxylic acids is 1. The third kappa shape index (κ3) is 3.61. The van der Waals surface area contributed by atoms with E-state index >= 15 is 0 Å². The molecule has 1 aromatic carbocycles. The maximum absolute atomic E-state index is 12.8. The monoisotopic (exact) mass is 225 g/mol. The van der Waals surface area contributed by atoms with Crippen LogP contribution in [0.1, 0.15) is 0 Å². The van der Waals surface area contributed by atoms with Gasteiger partial charge in [0, 0.05) is 18.7 Å². The number of esters is 1. The second kappa shape index (κ2) is 5.75. The first-order chi connectivity index (χ1) is 7.63. The van der Waals surface area contributed by atoms with Crippen molar-refractivity contribution in [2.75, 3.05) is 19.0 Å². The van der Waals surface area contributed by atoms with Crippen molar-refractivity contribution < 1.29 is 19.0 Å². The van der Waals surface area contributed by atoms with E-state index in [0.717, 1.165) is 6.07 Å². The summed E-state index contributed by atoms with van der Waals surface area (Å²) in [6.07, 6.45) is 2.75. The van der Waals surface area contributed by atoms with Gasteiger partial charge in [-0.15, -0.1) is 0 Å². The van der Waals surface area contributed by atoms with Crippen molar-refractivity contribution in [3.63, 3.8) is 0 Å². The van der Waals surface area contributed by atoms with Crippen LogP contribution in [0, 0.1) is 5.82 Å². The van der Waals surface area contributed by atoms with Crippen LogP contribution < -0.4 is 5.32 Å². The standard InChI is InChI=1S/C11H12FNO3/c1-16-11(15)3-2-6-13-9-7-8(12)4-5-10(9)14/h2-5,7,13-14H,6H2,1H3/b3-2+. The highest BCUT2D eigenvalue weighted by Crippen LogP contribution is 2.22. The van der Waals surface area contributed by atoms with Gasteiger partial charge in [-0.25, -0.2) is 9.18 Å². The SMILES string of the molecule is COC(=O)/C=C/CNc1cc(F)ccc1O. The van der Waals surface area contributed by atoms with Crippen molar-refractivity contribution >= 4 is 11.7 Å². The predicted octanol–water partition coefficient (Wildman–Crippen LogP) is 1.67. The molecule has 0 aliphatic rings. The second-order valence-corrected chi connectivity index (χ2v) is 2.97. The minimum absolute atomic E-state index is 0.0483. The number of benzene rings is 1. The summed E-state index contributed by atoms with van der Waals surface area (Å²) in [5.41, 5.74) is 0.273. The van der Waals surface area contributed by atoms with Gasteiger partial charge in [0.2, 0.25) is 0 Å². The summed E-state index contributed by atoms with van der Waals surface area (Å²) in [4.78, 5) is 10.7.